The fourth-order valence-corrected chi connectivity index (χ4v) is 1.70. The minimum Gasteiger partial charge on any atom is -0.380 e. The summed E-state index contributed by atoms with van der Waals surface area (Å²) in [5.41, 5.74) is 0.153. The third-order valence-electron chi connectivity index (χ3n) is 2.11. The largest absolute Gasteiger partial charge is 0.380 e. The molecule has 1 aromatic carbocycles. The second-order valence-electron chi connectivity index (χ2n) is 3.15. The Balaban J connectivity index is 2.42. The summed E-state index contributed by atoms with van der Waals surface area (Å²) in [5.74, 6) is -0.318. The van der Waals surface area contributed by atoms with Crippen molar-refractivity contribution in [1.82, 2.24) is 9.97 Å². The Bertz CT molecular complexity index is 493. The zero-order valence-electron chi connectivity index (χ0n) is 8.14. The lowest BCUT2D eigenvalue weighted by Crippen LogP contribution is -2.06. The van der Waals surface area contributed by atoms with Crippen LogP contribution in [0, 0.1) is 5.82 Å². The molecule has 82 valence electrons. The van der Waals surface area contributed by atoms with Gasteiger partial charge in [0.25, 0.3) is 0 Å². The molecule has 2 aromatic rings. The average molecular weight is 283 g/mol. The van der Waals surface area contributed by atoms with Crippen LogP contribution in [0.15, 0.2) is 41.1 Å². The first-order valence-electron chi connectivity index (χ1n) is 4.59. The zero-order valence-corrected chi connectivity index (χ0v) is 9.73. The van der Waals surface area contributed by atoms with Crippen LogP contribution in [-0.4, -0.2) is 15.1 Å². The zero-order chi connectivity index (χ0) is 11.5. The van der Waals surface area contributed by atoms with Crippen molar-refractivity contribution in [3.05, 3.63) is 58.3 Å². The van der Waals surface area contributed by atoms with Gasteiger partial charge in [-0.2, -0.15) is 0 Å². The van der Waals surface area contributed by atoms with Crippen molar-refractivity contribution in [2.45, 2.75) is 6.10 Å². The van der Waals surface area contributed by atoms with Crippen molar-refractivity contribution >= 4 is 15.9 Å². The molecule has 16 heavy (non-hydrogen) atoms. The summed E-state index contributed by atoms with van der Waals surface area (Å²) in [6, 6.07) is 6.35. The van der Waals surface area contributed by atoms with Crippen molar-refractivity contribution < 1.29 is 9.50 Å². The van der Waals surface area contributed by atoms with E-state index in [1.165, 1.54) is 18.5 Å². The molecule has 0 saturated carbocycles. The molecule has 0 aliphatic carbocycles. The lowest BCUT2D eigenvalue weighted by atomic mass is 10.1. The van der Waals surface area contributed by atoms with E-state index in [1.54, 1.807) is 18.2 Å². The number of aliphatic hydroxyl groups excluding tert-OH is 1. The smallest absolute Gasteiger partial charge is 0.161 e. The van der Waals surface area contributed by atoms with E-state index in [0.29, 0.717) is 4.47 Å². The van der Waals surface area contributed by atoms with Gasteiger partial charge in [-0.05, 0) is 28.1 Å². The fraction of sp³-hybridized carbons (Fsp3) is 0.0909. The quantitative estimate of drug-likeness (QED) is 0.920. The second kappa shape index (κ2) is 4.67. The standard InChI is InChI=1S/C11H8BrFN2O/c12-8-4-1-3-7(9(8)13)10(16)11-14-5-2-6-15-11/h1-6,10,16H. The molecular formula is C11H8BrFN2O. The number of benzene rings is 1. The Morgan fingerprint density at radius 3 is 2.56 bits per heavy atom. The van der Waals surface area contributed by atoms with E-state index < -0.39 is 11.9 Å². The summed E-state index contributed by atoms with van der Waals surface area (Å²) >= 11 is 3.06. The Morgan fingerprint density at radius 2 is 1.88 bits per heavy atom. The Labute approximate surface area is 100 Å². The normalized spacial score (nSPS) is 12.4. The van der Waals surface area contributed by atoms with E-state index in [2.05, 4.69) is 25.9 Å². The molecule has 2 rings (SSSR count). The topological polar surface area (TPSA) is 46.0 Å². The maximum absolute atomic E-state index is 13.7. The molecule has 0 bridgehead atoms. The van der Waals surface area contributed by atoms with Crippen molar-refractivity contribution in [3.63, 3.8) is 0 Å². The van der Waals surface area contributed by atoms with Crippen LogP contribution in [0.25, 0.3) is 0 Å². The highest BCUT2D eigenvalue weighted by Gasteiger charge is 2.18. The van der Waals surface area contributed by atoms with E-state index >= 15 is 0 Å². The first-order chi connectivity index (χ1) is 7.70. The van der Waals surface area contributed by atoms with Gasteiger partial charge in [0, 0.05) is 18.0 Å². The van der Waals surface area contributed by atoms with E-state index in [1.807, 2.05) is 0 Å². The maximum Gasteiger partial charge on any atom is 0.161 e. The molecule has 0 spiro atoms. The lowest BCUT2D eigenvalue weighted by molar-refractivity contribution is 0.204. The highest BCUT2D eigenvalue weighted by Crippen LogP contribution is 2.26. The summed E-state index contributed by atoms with van der Waals surface area (Å²) in [7, 11) is 0. The van der Waals surface area contributed by atoms with Crippen LogP contribution >= 0.6 is 15.9 Å². The lowest BCUT2D eigenvalue weighted by Gasteiger charge is -2.10. The van der Waals surface area contributed by atoms with Gasteiger partial charge in [0.1, 0.15) is 11.9 Å². The number of nitrogens with zero attached hydrogens (tertiary/aromatic N) is 2. The first-order valence-corrected chi connectivity index (χ1v) is 5.38. The van der Waals surface area contributed by atoms with Gasteiger partial charge < -0.3 is 5.11 Å². The third-order valence-corrected chi connectivity index (χ3v) is 2.72. The molecule has 0 aliphatic heterocycles. The summed E-state index contributed by atoms with van der Waals surface area (Å²) in [5, 5.41) is 9.91. The van der Waals surface area contributed by atoms with Gasteiger partial charge in [0.15, 0.2) is 5.82 Å². The highest BCUT2D eigenvalue weighted by atomic mass is 79.9. The van der Waals surface area contributed by atoms with E-state index in [-0.39, 0.29) is 11.4 Å². The number of hydrogen-bond acceptors (Lipinski definition) is 3. The van der Waals surface area contributed by atoms with Crippen LogP contribution in [0.3, 0.4) is 0 Å². The van der Waals surface area contributed by atoms with Gasteiger partial charge in [-0.1, -0.05) is 12.1 Å². The van der Waals surface area contributed by atoms with E-state index in [4.69, 9.17) is 0 Å². The van der Waals surface area contributed by atoms with Gasteiger partial charge >= 0.3 is 0 Å². The Kier molecular flexibility index (Phi) is 3.26. The monoisotopic (exact) mass is 282 g/mol. The van der Waals surface area contributed by atoms with Crippen LogP contribution in [0.5, 0.6) is 0 Å². The summed E-state index contributed by atoms with van der Waals surface area (Å²) in [4.78, 5) is 7.77. The van der Waals surface area contributed by atoms with Crippen molar-refractivity contribution in [2.75, 3.05) is 0 Å². The van der Waals surface area contributed by atoms with Crippen LogP contribution in [-0.2, 0) is 0 Å². The second-order valence-corrected chi connectivity index (χ2v) is 4.01. The van der Waals surface area contributed by atoms with Gasteiger partial charge in [-0.25, -0.2) is 14.4 Å². The maximum atomic E-state index is 13.7. The number of rotatable bonds is 2. The Morgan fingerprint density at radius 1 is 1.19 bits per heavy atom. The third kappa shape index (κ3) is 2.10. The van der Waals surface area contributed by atoms with Crippen LogP contribution in [0.1, 0.15) is 17.5 Å². The highest BCUT2D eigenvalue weighted by molar-refractivity contribution is 9.10. The predicted molar refractivity (Wildman–Crippen MR) is 60.2 cm³/mol. The molecule has 0 amide bonds. The van der Waals surface area contributed by atoms with Crippen molar-refractivity contribution in [3.8, 4) is 0 Å². The van der Waals surface area contributed by atoms with Crippen molar-refractivity contribution in [1.29, 1.82) is 0 Å². The molecule has 0 fully saturated rings. The number of aromatic nitrogens is 2. The Hall–Kier alpha value is -1.33. The molecule has 1 unspecified atom stereocenters. The average Bonchev–Trinajstić information content (AvgIpc) is 2.33. The molecule has 5 heteroatoms. The van der Waals surface area contributed by atoms with E-state index in [0.717, 1.165) is 0 Å². The fourth-order valence-electron chi connectivity index (χ4n) is 1.32. The summed E-state index contributed by atoms with van der Waals surface area (Å²) < 4.78 is 14.0. The molecule has 0 saturated heterocycles. The number of halogens is 2. The van der Waals surface area contributed by atoms with E-state index in [9.17, 15) is 9.50 Å². The van der Waals surface area contributed by atoms with Crippen molar-refractivity contribution in [2.24, 2.45) is 0 Å². The predicted octanol–water partition coefficient (Wildman–Crippen LogP) is 2.46. The molecule has 1 aromatic heterocycles. The number of hydrogen-bond donors (Lipinski definition) is 1. The molecular weight excluding hydrogens is 275 g/mol. The molecule has 1 N–H and O–H groups in total. The minimum atomic E-state index is -1.15. The molecule has 3 nitrogen and oxygen atoms in total. The van der Waals surface area contributed by atoms with Gasteiger partial charge in [0.2, 0.25) is 0 Å². The summed E-state index contributed by atoms with van der Waals surface area (Å²) in [6.07, 6.45) is 1.85. The van der Waals surface area contributed by atoms with Crippen LogP contribution in [0.2, 0.25) is 0 Å². The molecule has 1 atom stereocenters. The molecule has 1 heterocycles. The molecule has 0 radical (unpaired) electrons. The van der Waals surface area contributed by atoms with Gasteiger partial charge in [-0.15, -0.1) is 0 Å². The van der Waals surface area contributed by atoms with Gasteiger partial charge in [-0.3, -0.25) is 0 Å². The van der Waals surface area contributed by atoms with Gasteiger partial charge in [0.05, 0.1) is 4.47 Å². The molecule has 0 aliphatic rings. The summed E-state index contributed by atoms with van der Waals surface area (Å²) in [6.45, 7) is 0. The van der Waals surface area contributed by atoms with Crippen LogP contribution in [0.4, 0.5) is 4.39 Å². The number of aliphatic hydroxyl groups is 1. The first kappa shape index (κ1) is 11.2. The minimum absolute atomic E-state index is 0.153. The van der Waals surface area contributed by atoms with Crippen LogP contribution < -0.4 is 0 Å². The SMILES string of the molecule is OC(c1ncccn1)c1cccc(Br)c1F.